The summed E-state index contributed by atoms with van der Waals surface area (Å²) in [4.78, 5) is 102. The van der Waals surface area contributed by atoms with E-state index < -0.39 is 114 Å². The molecule has 1 fully saturated rings. The van der Waals surface area contributed by atoms with Gasteiger partial charge in [0.05, 0.1) is 30.9 Å². The van der Waals surface area contributed by atoms with Crippen molar-refractivity contribution in [3.63, 3.8) is 0 Å². The monoisotopic (exact) mass is 745 g/mol. The third-order valence-electron chi connectivity index (χ3n) is 8.24. The van der Waals surface area contributed by atoms with E-state index in [0.29, 0.717) is 32.2 Å². The first-order chi connectivity index (χ1) is 24.2. The minimum atomic E-state index is -1.60. The fourth-order valence-corrected chi connectivity index (χ4v) is 5.18. The molecule has 0 spiro atoms. The SMILES string of the molecule is C[C@H](NC(=O)[C@@H](NC(=O)[C@@H](N)CCCCN)[C@@H](C)O)C(=O)NCC(=O)N[C@H](C(=O)N[C@@H](C)C(=O)N1CCC[C@H]1C(=O)N[C@H](C(=O)O)[C@@H](C)O)[C@@H](C)O. The molecular weight excluding hydrogens is 690 g/mol. The lowest BCUT2D eigenvalue weighted by Gasteiger charge is -2.29. The van der Waals surface area contributed by atoms with Crippen LogP contribution in [0.4, 0.5) is 0 Å². The highest BCUT2D eigenvalue weighted by molar-refractivity contribution is 5.97. The third kappa shape index (κ3) is 14.3. The van der Waals surface area contributed by atoms with Crippen molar-refractivity contribution in [2.24, 2.45) is 11.5 Å². The van der Waals surface area contributed by atoms with Crippen molar-refractivity contribution in [3.05, 3.63) is 0 Å². The van der Waals surface area contributed by atoms with Crippen LogP contribution in [0.15, 0.2) is 0 Å². The standard InChI is InChI=1S/C31H55N9O12/c1-14(35-29(49)23(17(4)42)38-26(46)19(33)9-6-7-11-32)25(45)34-13-21(44)37-22(16(3)41)28(48)36-15(2)30(50)40-12-8-10-20(40)27(47)39-24(18(5)43)31(51)52/h14-20,22-24,41-43H,6-13,32-33H2,1-5H3,(H,34,45)(H,35,49)(H,36,48)(H,37,44)(H,38,46)(H,39,47)(H,51,52)/t14-,15-,16+,17+,18+,19-,20-,22-,23-,24-/m0/s1. The summed E-state index contributed by atoms with van der Waals surface area (Å²) in [5.41, 5.74) is 11.3. The van der Waals surface area contributed by atoms with Gasteiger partial charge in [0.25, 0.3) is 0 Å². The number of nitrogens with one attached hydrogen (secondary N) is 6. The number of carbonyl (C=O) groups excluding carboxylic acids is 7. The van der Waals surface area contributed by atoms with Crippen LogP contribution in [0.1, 0.15) is 66.7 Å². The smallest absolute Gasteiger partial charge is 0.328 e. The predicted molar refractivity (Wildman–Crippen MR) is 182 cm³/mol. The van der Waals surface area contributed by atoms with Gasteiger partial charge < -0.3 is 68.7 Å². The van der Waals surface area contributed by atoms with Gasteiger partial charge in [-0.1, -0.05) is 6.42 Å². The molecule has 21 heteroatoms. The molecule has 0 saturated carbocycles. The summed E-state index contributed by atoms with van der Waals surface area (Å²) in [7, 11) is 0. The van der Waals surface area contributed by atoms with Gasteiger partial charge in [-0.2, -0.15) is 0 Å². The van der Waals surface area contributed by atoms with Gasteiger partial charge in [-0.3, -0.25) is 33.6 Å². The summed E-state index contributed by atoms with van der Waals surface area (Å²) < 4.78 is 0. The van der Waals surface area contributed by atoms with Gasteiger partial charge in [0.1, 0.15) is 30.2 Å². The Morgan fingerprint density at radius 2 is 1.25 bits per heavy atom. The number of aliphatic hydroxyl groups is 3. The largest absolute Gasteiger partial charge is 0.480 e. The average molecular weight is 746 g/mol. The molecular formula is C31H55N9O12. The number of likely N-dealkylation sites (tertiary alicyclic amines) is 1. The zero-order valence-electron chi connectivity index (χ0n) is 30.1. The van der Waals surface area contributed by atoms with Crippen LogP contribution in [0.3, 0.4) is 0 Å². The molecule has 1 rings (SSSR count). The number of amides is 7. The number of carboxylic acids is 1. The molecule has 0 aromatic heterocycles. The van der Waals surface area contributed by atoms with Crippen molar-refractivity contribution in [2.75, 3.05) is 19.6 Å². The Bertz CT molecular complexity index is 1280. The van der Waals surface area contributed by atoms with Crippen LogP contribution < -0.4 is 43.4 Å². The fourth-order valence-electron chi connectivity index (χ4n) is 5.18. The summed E-state index contributed by atoms with van der Waals surface area (Å²) >= 11 is 0. The normalized spacial score (nSPS) is 19.3. The first-order valence-corrected chi connectivity index (χ1v) is 17.0. The Labute approximate surface area is 301 Å². The van der Waals surface area contributed by atoms with Crippen LogP contribution >= 0.6 is 0 Å². The molecule has 14 N–H and O–H groups in total. The second-order valence-electron chi connectivity index (χ2n) is 12.8. The van der Waals surface area contributed by atoms with Crippen LogP contribution in [0.2, 0.25) is 0 Å². The molecule has 21 nitrogen and oxygen atoms in total. The fraction of sp³-hybridized carbons (Fsp3) is 0.742. The molecule has 52 heavy (non-hydrogen) atoms. The highest BCUT2D eigenvalue weighted by Crippen LogP contribution is 2.19. The maximum absolute atomic E-state index is 13.2. The Balaban J connectivity index is 2.74. The van der Waals surface area contributed by atoms with Crippen LogP contribution in [0.25, 0.3) is 0 Å². The number of aliphatic carboxylic acids is 1. The minimum Gasteiger partial charge on any atom is -0.480 e. The molecule has 0 radical (unpaired) electrons. The molecule has 0 bridgehead atoms. The number of nitrogens with two attached hydrogens (primary N) is 2. The Morgan fingerprint density at radius 3 is 1.77 bits per heavy atom. The van der Waals surface area contributed by atoms with Crippen LogP contribution in [0.5, 0.6) is 0 Å². The Morgan fingerprint density at radius 1 is 0.712 bits per heavy atom. The number of hydrogen-bond donors (Lipinski definition) is 12. The number of aliphatic hydroxyl groups excluding tert-OH is 3. The molecule has 0 aromatic rings. The molecule has 296 valence electrons. The lowest BCUT2D eigenvalue weighted by Crippen LogP contribution is -2.60. The highest BCUT2D eigenvalue weighted by Gasteiger charge is 2.39. The molecule has 0 aromatic carbocycles. The number of carboxylic acid groups (broad SMARTS) is 1. The average Bonchev–Trinajstić information content (AvgIpc) is 3.56. The molecule has 1 saturated heterocycles. The summed E-state index contributed by atoms with van der Waals surface area (Å²) in [6.07, 6.45) is -2.11. The van der Waals surface area contributed by atoms with E-state index in [1.54, 1.807) is 0 Å². The zero-order valence-corrected chi connectivity index (χ0v) is 30.1. The molecule has 1 aliphatic rings. The van der Waals surface area contributed by atoms with E-state index in [9.17, 15) is 58.8 Å². The van der Waals surface area contributed by atoms with Gasteiger partial charge in [0.15, 0.2) is 6.04 Å². The predicted octanol–water partition coefficient (Wildman–Crippen LogP) is -5.76. The first kappa shape index (κ1) is 45.6. The number of unbranched alkanes of at least 4 members (excludes halogenated alkanes) is 1. The van der Waals surface area contributed by atoms with Crippen molar-refractivity contribution in [1.82, 2.24) is 36.8 Å². The lowest BCUT2D eigenvalue weighted by molar-refractivity contribution is -0.147. The molecule has 0 aliphatic carbocycles. The lowest BCUT2D eigenvalue weighted by atomic mass is 10.1. The first-order valence-electron chi connectivity index (χ1n) is 17.0. The number of carbonyl (C=O) groups is 8. The minimum absolute atomic E-state index is 0.122. The number of nitrogens with zero attached hydrogens (tertiary/aromatic N) is 1. The van der Waals surface area contributed by atoms with Crippen molar-refractivity contribution in [1.29, 1.82) is 0 Å². The molecule has 0 unspecified atom stereocenters. The van der Waals surface area contributed by atoms with E-state index in [2.05, 4.69) is 31.9 Å². The molecule has 7 amide bonds. The quantitative estimate of drug-likeness (QED) is 0.0487. The van der Waals surface area contributed by atoms with Gasteiger partial charge in [-0.05, 0) is 66.8 Å². The summed E-state index contributed by atoms with van der Waals surface area (Å²) in [6.45, 7) is 6.07. The summed E-state index contributed by atoms with van der Waals surface area (Å²) in [5, 5.41) is 53.0. The second-order valence-corrected chi connectivity index (χ2v) is 12.8. The Hall–Kier alpha value is -4.44. The zero-order chi connectivity index (χ0) is 39.9. The van der Waals surface area contributed by atoms with E-state index in [1.807, 2.05) is 0 Å². The maximum Gasteiger partial charge on any atom is 0.328 e. The van der Waals surface area contributed by atoms with Gasteiger partial charge in [-0.15, -0.1) is 0 Å². The van der Waals surface area contributed by atoms with E-state index in [4.69, 9.17) is 11.5 Å². The van der Waals surface area contributed by atoms with Crippen LogP contribution in [0, 0.1) is 0 Å². The van der Waals surface area contributed by atoms with Crippen LogP contribution in [-0.2, 0) is 38.4 Å². The van der Waals surface area contributed by atoms with Crippen LogP contribution in [-0.4, -0.2) is 153 Å². The maximum atomic E-state index is 13.2. The highest BCUT2D eigenvalue weighted by atomic mass is 16.4. The van der Waals surface area contributed by atoms with Crippen molar-refractivity contribution in [3.8, 4) is 0 Å². The van der Waals surface area contributed by atoms with Gasteiger partial charge in [-0.25, -0.2) is 4.79 Å². The van der Waals surface area contributed by atoms with Gasteiger partial charge >= 0.3 is 5.97 Å². The molecule has 10 atom stereocenters. The number of hydrogen-bond acceptors (Lipinski definition) is 13. The number of rotatable bonds is 21. The Kier molecular flexibility index (Phi) is 19.1. The van der Waals surface area contributed by atoms with Crippen molar-refractivity contribution >= 4 is 47.3 Å². The summed E-state index contributed by atoms with van der Waals surface area (Å²) in [6, 6.07) is -9.16. The van der Waals surface area contributed by atoms with Gasteiger partial charge in [0.2, 0.25) is 41.4 Å². The van der Waals surface area contributed by atoms with E-state index in [-0.39, 0.29) is 13.0 Å². The second kappa shape index (κ2) is 21.8. The van der Waals surface area contributed by atoms with E-state index >= 15 is 0 Å². The third-order valence-corrected chi connectivity index (χ3v) is 8.24. The van der Waals surface area contributed by atoms with E-state index in [1.165, 1.54) is 34.6 Å². The molecule has 1 aliphatic heterocycles. The van der Waals surface area contributed by atoms with E-state index in [0.717, 1.165) is 4.90 Å². The topological polar surface area (TPSA) is 345 Å². The van der Waals surface area contributed by atoms with Crippen molar-refractivity contribution < 1.29 is 58.8 Å². The molecule has 1 heterocycles. The van der Waals surface area contributed by atoms with Crippen molar-refractivity contribution in [2.45, 2.75) is 127 Å². The summed E-state index contributed by atoms with van der Waals surface area (Å²) in [5.74, 6) is -7.29. The van der Waals surface area contributed by atoms with Gasteiger partial charge in [0, 0.05) is 6.54 Å².